The van der Waals surface area contributed by atoms with E-state index < -0.39 is 23.3 Å². The van der Waals surface area contributed by atoms with E-state index in [1.165, 1.54) is 33.5 Å². The van der Waals surface area contributed by atoms with Crippen LogP contribution in [-0.2, 0) is 0 Å². The Morgan fingerprint density at radius 3 is 2.76 bits per heavy atom. The van der Waals surface area contributed by atoms with E-state index in [4.69, 9.17) is 17.3 Å². The number of carbonyl (C=O) groups excluding carboxylic acids is 1. The van der Waals surface area contributed by atoms with E-state index in [0.29, 0.717) is 27.8 Å². The van der Waals surface area contributed by atoms with Gasteiger partial charge in [-0.05, 0) is 48.7 Å². The average molecular weight is 477 g/mol. The van der Waals surface area contributed by atoms with Crippen molar-refractivity contribution in [3.05, 3.63) is 99.4 Å². The van der Waals surface area contributed by atoms with Gasteiger partial charge in [0.2, 0.25) is 0 Å². The average Bonchev–Trinajstić information content (AvgIpc) is 3.14. The molecule has 170 valence electrons. The molecule has 0 bridgehead atoms. The van der Waals surface area contributed by atoms with E-state index in [9.17, 15) is 14.0 Å². The molecule has 3 heterocycles. The number of nitrogen functional groups attached to an aromatic ring is 1. The molecule has 0 spiro atoms. The predicted octanol–water partition coefficient (Wildman–Crippen LogP) is 3.90. The molecule has 3 aromatic heterocycles. The summed E-state index contributed by atoms with van der Waals surface area (Å²) in [6.45, 7) is 1.72. The highest BCUT2D eigenvalue weighted by atomic mass is 35.5. The highest BCUT2D eigenvalue weighted by Crippen LogP contribution is 2.26. The fourth-order valence-corrected chi connectivity index (χ4v) is 4.27. The van der Waals surface area contributed by atoms with Crippen LogP contribution in [0.25, 0.3) is 22.1 Å². The molecule has 0 aliphatic heterocycles. The summed E-state index contributed by atoms with van der Waals surface area (Å²) in [7, 11) is 0. The van der Waals surface area contributed by atoms with Crippen LogP contribution in [0.1, 0.15) is 29.0 Å². The van der Waals surface area contributed by atoms with Gasteiger partial charge in [0, 0.05) is 18.1 Å². The molecule has 0 unspecified atom stereocenters. The first-order valence-electron chi connectivity index (χ1n) is 10.3. The Kier molecular flexibility index (Phi) is 5.25. The maximum atomic E-state index is 14.1. The summed E-state index contributed by atoms with van der Waals surface area (Å²) in [5, 5.41) is 8.15. The van der Waals surface area contributed by atoms with Gasteiger partial charge in [0.15, 0.2) is 11.5 Å². The Labute approximate surface area is 197 Å². The van der Waals surface area contributed by atoms with Crippen LogP contribution in [0, 0.1) is 5.82 Å². The number of nitrogens with zero attached hydrogens (tertiary/aromatic N) is 4. The lowest BCUT2D eigenvalue weighted by molar-refractivity contribution is 0.0941. The molecule has 0 saturated heterocycles. The third-order valence-corrected chi connectivity index (χ3v) is 5.85. The molecule has 5 rings (SSSR count). The number of benzene rings is 2. The zero-order valence-corrected chi connectivity index (χ0v) is 18.6. The zero-order chi connectivity index (χ0) is 24.0. The van der Waals surface area contributed by atoms with E-state index in [2.05, 4.69) is 15.4 Å². The number of aromatic nitrogens is 4. The number of pyridine rings is 1. The maximum absolute atomic E-state index is 14.1. The lowest BCUT2D eigenvalue weighted by Crippen LogP contribution is -2.32. The summed E-state index contributed by atoms with van der Waals surface area (Å²) in [5.74, 6) is -0.990. The summed E-state index contributed by atoms with van der Waals surface area (Å²) < 4.78 is 16.8. The molecule has 0 radical (unpaired) electrons. The molecule has 0 fully saturated rings. The van der Waals surface area contributed by atoms with Crippen LogP contribution in [0.5, 0.6) is 0 Å². The molecule has 10 heteroatoms. The number of rotatable bonds is 4. The number of amides is 1. The van der Waals surface area contributed by atoms with Gasteiger partial charge in [-0.2, -0.15) is 0 Å². The molecule has 3 N–H and O–H groups in total. The molecule has 5 aromatic rings. The Morgan fingerprint density at radius 2 is 1.97 bits per heavy atom. The van der Waals surface area contributed by atoms with Crippen molar-refractivity contribution in [2.24, 2.45) is 0 Å². The molecule has 0 aliphatic rings. The number of anilines is 1. The summed E-state index contributed by atoms with van der Waals surface area (Å²) in [4.78, 5) is 30.9. The van der Waals surface area contributed by atoms with Crippen molar-refractivity contribution < 1.29 is 9.18 Å². The highest BCUT2D eigenvalue weighted by molar-refractivity contribution is 6.35. The lowest BCUT2D eigenvalue weighted by atomic mass is 10.1. The maximum Gasteiger partial charge on any atom is 0.264 e. The molecular weight excluding hydrogens is 459 g/mol. The van der Waals surface area contributed by atoms with Gasteiger partial charge in [0.1, 0.15) is 11.4 Å². The Hall–Kier alpha value is -4.24. The molecule has 2 aromatic carbocycles. The summed E-state index contributed by atoms with van der Waals surface area (Å²) in [6, 6.07) is 13.5. The van der Waals surface area contributed by atoms with Crippen LogP contribution >= 0.6 is 11.6 Å². The number of nitrogens with one attached hydrogen (secondary N) is 1. The van der Waals surface area contributed by atoms with Crippen molar-refractivity contribution in [3.8, 4) is 5.69 Å². The Bertz CT molecular complexity index is 1640. The van der Waals surface area contributed by atoms with Crippen LogP contribution in [-0.4, -0.2) is 25.1 Å². The van der Waals surface area contributed by atoms with E-state index in [1.54, 1.807) is 49.5 Å². The monoisotopic (exact) mass is 476 g/mol. The van der Waals surface area contributed by atoms with Crippen LogP contribution in [0.3, 0.4) is 0 Å². The summed E-state index contributed by atoms with van der Waals surface area (Å²) in [6.07, 6.45) is 3.17. The van der Waals surface area contributed by atoms with Crippen molar-refractivity contribution in [1.82, 2.24) is 24.5 Å². The fraction of sp³-hybridized carbons (Fsp3) is 0.0833. The molecule has 8 nitrogen and oxygen atoms in total. The topological polar surface area (TPSA) is 107 Å². The summed E-state index contributed by atoms with van der Waals surface area (Å²) >= 11 is 6.32. The van der Waals surface area contributed by atoms with Crippen molar-refractivity contribution in [2.75, 3.05) is 5.73 Å². The number of nitrogens with two attached hydrogens (primary N) is 1. The lowest BCUT2D eigenvalue weighted by Gasteiger charge is -2.21. The highest BCUT2D eigenvalue weighted by Gasteiger charge is 2.24. The van der Waals surface area contributed by atoms with Gasteiger partial charge < -0.3 is 11.1 Å². The fourth-order valence-electron chi connectivity index (χ4n) is 4.00. The van der Waals surface area contributed by atoms with Crippen LogP contribution in [0.2, 0.25) is 5.02 Å². The van der Waals surface area contributed by atoms with Crippen molar-refractivity contribution in [3.63, 3.8) is 0 Å². The number of fused-ring (bicyclic) bond motifs is 2. The SMILES string of the molecule is C[C@H](NC(=O)c1c(N)nn2cccnc12)c1cc2cccc(Cl)c2c(=O)n1-c1cccc(F)c1. The minimum atomic E-state index is -0.676. The largest absolute Gasteiger partial charge is 0.381 e. The molecule has 34 heavy (non-hydrogen) atoms. The first-order chi connectivity index (χ1) is 16.3. The number of carbonyl (C=O) groups is 1. The second-order valence-corrected chi connectivity index (χ2v) is 8.14. The number of hydrogen-bond donors (Lipinski definition) is 2. The number of halogens is 2. The van der Waals surface area contributed by atoms with Crippen LogP contribution in [0.15, 0.2) is 71.8 Å². The molecular formula is C24H18ClFN6O2. The Morgan fingerprint density at radius 1 is 1.18 bits per heavy atom. The van der Waals surface area contributed by atoms with E-state index >= 15 is 0 Å². The molecule has 0 saturated carbocycles. The third kappa shape index (κ3) is 3.56. The first kappa shape index (κ1) is 21.6. The first-order valence-corrected chi connectivity index (χ1v) is 10.7. The second-order valence-electron chi connectivity index (χ2n) is 7.74. The van der Waals surface area contributed by atoms with Crippen molar-refractivity contribution in [2.45, 2.75) is 13.0 Å². The molecule has 1 amide bonds. The predicted molar refractivity (Wildman–Crippen MR) is 128 cm³/mol. The van der Waals surface area contributed by atoms with Crippen LogP contribution < -0.4 is 16.6 Å². The van der Waals surface area contributed by atoms with Crippen molar-refractivity contribution >= 4 is 39.7 Å². The van der Waals surface area contributed by atoms with Gasteiger partial charge >= 0.3 is 0 Å². The summed E-state index contributed by atoms with van der Waals surface area (Å²) in [5.41, 5.74) is 6.71. The smallest absolute Gasteiger partial charge is 0.264 e. The zero-order valence-electron chi connectivity index (χ0n) is 17.9. The third-order valence-electron chi connectivity index (χ3n) is 5.53. The van der Waals surface area contributed by atoms with Crippen molar-refractivity contribution in [1.29, 1.82) is 0 Å². The van der Waals surface area contributed by atoms with Gasteiger partial charge in [-0.15, -0.1) is 5.10 Å². The van der Waals surface area contributed by atoms with E-state index in [0.717, 1.165) is 0 Å². The quantitative estimate of drug-likeness (QED) is 0.409. The van der Waals surface area contributed by atoms with Gasteiger partial charge in [0.05, 0.1) is 22.1 Å². The minimum Gasteiger partial charge on any atom is -0.381 e. The second kappa shape index (κ2) is 8.27. The van der Waals surface area contributed by atoms with E-state index in [-0.39, 0.29) is 16.4 Å². The van der Waals surface area contributed by atoms with Gasteiger partial charge in [-0.3, -0.25) is 14.2 Å². The van der Waals surface area contributed by atoms with Crippen LogP contribution in [0.4, 0.5) is 10.2 Å². The minimum absolute atomic E-state index is 0.0243. The van der Waals surface area contributed by atoms with Gasteiger partial charge in [-0.1, -0.05) is 29.8 Å². The molecule has 1 atom stereocenters. The van der Waals surface area contributed by atoms with E-state index in [1.807, 2.05) is 0 Å². The Balaban J connectivity index is 1.65. The number of hydrogen-bond acceptors (Lipinski definition) is 5. The van der Waals surface area contributed by atoms with Gasteiger partial charge in [-0.25, -0.2) is 13.9 Å². The normalized spacial score (nSPS) is 12.2. The van der Waals surface area contributed by atoms with Gasteiger partial charge in [0.25, 0.3) is 11.5 Å². The molecule has 0 aliphatic carbocycles. The standard InChI is InChI=1S/C24H18ClFN6O2/c1-13(29-23(33)20-21(27)30-31-10-4-9-28-22(20)31)18-11-14-5-2-8-17(25)19(14)24(34)32(18)16-7-3-6-15(26)12-16/h2-13H,1H3,(H2,27,30)(H,29,33)/t13-/m0/s1.